The third-order valence-electron chi connectivity index (χ3n) is 3.53. The first kappa shape index (κ1) is 18.5. The molecule has 0 aliphatic carbocycles. The third kappa shape index (κ3) is 5.63. The van der Waals surface area contributed by atoms with Crippen molar-refractivity contribution in [3.05, 3.63) is 71.3 Å². The molecule has 0 unspecified atom stereocenters. The molecule has 7 heteroatoms. The zero-order valence-corrected chi connectivity index (χ0v) is 13.1. The van der Waals surface area contributed by atoms with Crippen molar-refractivity contribution in [3.63, 3.8) is 0 Å². The van der Waals surface area contributed by atoms with Gasteiger partial charge in [-0.15, -0.1) is 0 Å². The van der Waals surface area contributed by atoms with E-state index in [4.69, 9.17) is 0 Å². The molecule has 0 saturated carbocycles. The van der Waals surface area contributed by atoms with Crippen molar-refractivity contribution >= 4 is 11.9 Å². The van der Waals surface area contributed by atoms with Gasteiger partial charge in [-0.2, -0.15) is 13.2 Å². The molecular formula is C18H16F3NO3. The van der Waals surface area contributed by atoms with Gasteiger partial charge < -0.3 is 10.4 Å². The predicted molar refractivity (Wildman–Crippen MR) is 84.9 cm³/mol. The van der Waals surface area contributed by atoms with Crippen LogP contribution >= 0.6 is 0 Å². The molecule has 2 aromatic rings. The summed E-state index contributed by atoms with van der Waals surface area (Å²) in [4.78, 5) is 23.3. The summed E-state index contributed by atoms with van der Waals surface area (Å²) in [6, 6.07) is 12.0. The lowest BCUT2D eigenvalue weighted by atomic mass is 10.0. The van der Waals surface area contributed by atoms with Gasteiger partial charge in [-0.05, 0) is 17.2 Å². The van der Waals surface area contributed by atoms with Crippen molar-refractivity contribution in [2.45, 2.75) is 25.1 Å². The molecule has 0 heterocycles. The fourth-order valence-corrected chi connectivity index (χ4v) is 2.34. The van der Waals surface area contributed by atoms with Crippen LogP contribution in [-0.4, -0.2) is 23.0 Å². The fourth-order valence-electron chi connectivity index (χ4n) is 2.34. The number of carboxylic acid groups (broad SMARTS) is 1. The second-order valence-electron chi connectivity index (χ2n) is 5.52. The van der Waals surface area contributed by atoms with Gasteiger partial charge in [0, 0.05) is 6.42 Å². The Bertz CT molecular complexity index is 745. The molecule has 0 fully saturated rings. The van der Waals surface area contributed by atoms with Gasteiger partial charge in [0.15, 0.2) is 0 Å². The summed E-state index contributed by atoms with van der Waals surface area (Å²) >= 11 is 0. The van der Waals surface area contributed by atoms with Gasteiger partial charge in [0.25, 0.3) is 0 Å². The Morgan fingerprint density at radius 2 is 1.64 bits per heavy atom. The maximum Gasteiger partial charge on any atom is 0.416 e. The zero-order chi connectivity index (χ0) is 18.4. The molecule has 4 nitrogen and oxygen atoms in total. The highest BCUT2D eigenvalue weighted by Crippen LogP contribution is 2.29. The lowest BCUT2D eigenvalue weighted by molar-refractivity contribution is -0.141. The van der Waals surface area contributed by atoms with E-state index in [9.17, 15) is 27.9 Å². The highest BCUT2D eigenvalue weighted by atomic mass is 19.4. The summed E-state index contributed by atoms with van der Waals surface area (Å²) < 4.78 is 38.1. The molecule has 0 spiro atoms. The van der Waals surface area contributed by atoms with Gasteiger partial charge in [-0.1, -0.05) is 48.5 Å². The van der Waals surface area contributed by atoms with Crippen molar-refractivity contribution in [1.29, 1.82) is 0 Å². The smallest absolute Gasteiger partial charge is 0.416 e. The van der Waals surface area contributed by atoms with Gasteiger partial charge in [-0.25, -0.2) is 4.79 Å². The van der Waals surface area contributed by atoms with Crippen LogP contribution in [0.3, 0.4) is 0 Å². The average Bonchev–Trinajstić information content (AvgIpc) is 2.54. The Kier molecular flexibility index (Phi) is 5.80. The number of carbonyl (C=O) groups excluding carboxylic acids is 1. The maximum absolute atomic E-state index is 12.7. The third-order valence-corrected chi connectivity index (χ3v) is 3.53. The first-order valence-corrected chi connectivity index (χ1v) is 7.48. The summed E-state index contributed by atoms with van der Waals surface area (Å²) in [7, 11) is 0. The van der Waals surface area contributed by atoms with E-state index in [0.29, 0.717) is 0 Å². The van der Waals surface area contributed by atoms with Crippen molar-refractivity contribution in [3.8, 4) is 0 Å². The standard InChI is InChI=1S/C18H16F3NO3/c19-18(20,21)14-8-4-7-13(9-14)11-16(23)22-15(17(24)25)10-12-5-2-1-3-6-12/h1-9,15H,10-11H2,(H,22,23)(H,24,25)/t15-/m1/s1. The van der Waals surface area contributed by atoms with E-state index >= 15 is 0 Å². The van der Waals surface area contributed by atoms with Gasteiger partial charge in [0.05, 0.1) is 12.0 Å². The van der Waals surface area contributed by atoms with Crippen LogP contribution in [0.4, 0.5) is 13.2 Å². The van der Waals surface area contributed by atoms with Gasteiger partial charge in [0.2, 0.25) is 5.91 Å². The Hall–Kier alpha value is -2.83. The first-order chi connectivity index (χ1) is 11.8. The van der Waals surface area contributed by atoms with E-state index in [1.54, 1.807) is 30.3 Å². The SMILES string of the molecule is O=C(Cc1cccc(C(F)(F)F)c1)N[C@H](Cc1ccccc1)C(=O)O. The van der Waals surface area contributed by atoms with Crippen LogP contribution in [0, 0.1) is 0 Å². The van der Waals surface area contributed by atoms with Crippen LogP contribution in [0.5, 0.6) is 0 Å². The van der Waals surface area contributed by atoms with Gasteiger partial charge in [0.1, 0.15) is 6.04 Å². The van der Waals surface area contributed by atoms with E-state index in [1.807, 2.05) is 0 Å². The Balaban J connectivity index is 2.03. The Morgan fingerprint density at radius 3 is 2.24 bits per heavy atom. The summed E-state index contributed by atoms with van der Waals surface area (Å²) in [5.74, 6) is -1.86. The molecule has 0 aromatic heterocycles. The molecule has 0 aliphatic rings. The number of carboxylic acids is 1. The molecule has 2 rings (SSSR count). The van der Waals surface area contributed by atoms with Crippen LogP contribution in [-0.2, 0) is 28.6 Å². The van der Waals surface area contributed by atoms with E-state index in [2.05, 4.69) is 5.32 Å². The molecule has 0 aliphatic heterocycles. The fraction of sp³-hybridized carbons (Fsp3) is 0.222. The molecule has 25 heavy (non-hydrogen) atoms. The molecule has 2 N–H and O–H groups in total. The number of alkyl halides is 3. The maximum atomic E-state index is 12.7. The van der Waals surface area contributed by atoms with Crippen LogP contribution < -0.4 is 5.32 Å². The Morgan fingerprint density at radius 1 is 1.00 bits per heavy atom. The van der Waals surface area contributed by atoms with Crippen LogP contribution in [0.2, 0.25) is 0 Å². The molecule has 0 radical (unpaired) electrons. The minimum absolute atomic E-state index is 0.0878. The lowest BCUT2D eigenvalue weighted by Crippen LogP contribution is -2.43. The Labute approximate surface area is 142 Å². The molecular weight excluding hydrogens is 335 g/mol. The number of amides is 1. The summed E-state index contributed by atoms with van der Waals surface area (Å²) in [6.07, 6.45) is -4.74. The lowest BCUT2D eigenvalue weighted by Gasteiger charge is -2.15. The van der Waals surface area contributed by atoms with Crippen molar-refractivity contribution < 1.29 is 27.9 Å². The summed E-state index contributed by atoms with van der Waals surface area (Å²) in [5, 5.41) is 11.6. The number of hydrogen-bond acceptors (Lipinski definition) is 2. The number of rotatable bonds is 6. The molecule has 0 saturated heterocycles. The van der Waals surface area contributed by atoms with Crippen LogP contribution in [0.15, 0.2) is 54.6 Å². The monoisotopic (exact) mass is 351 g/mol. The predicted octanol–water partition coefficient (Wildman–Crippen LogP) is 3.06. The molecule has 1 atom stereocenters. The van der Waals surface area contributed by atoms with Crippen LogP contribution in [0.25, 0.3) is 0 Å². The van der Waals surface area contributed by atoms with E-state index in [1.165, 1.54) is 12.1 Å². The number of nitrogens with one attached hydrogen (secondary N) is 1. The van der Waals surface area contributed by atoms with Crippen molar-refractivity contribution in [1.82, 2.24) is 5.32 Å². The number of aliphatic carboxylic acids is 1. The molecule has 132 valence electrons. The second kappa shape index (κ2) is 7.83. The minimum Gasteiger partial charge on any atom is -0.480 e. The van der Waals surface area contributed by atoms with E-state index in [0.717, 1.165) is 17.7 Å². The van der Waals surface area contributed by atoms with Crippen molar-refractivity contribution in [2.24, 2.45) is 0 Å². The molecule has 2 aromatic carbocycles. The number of benzene rings is 2. The average molecular weight is 351 g/mol. The highest BCUT2D eigenvalue weighted by Gasteiger charge is 2.30. The second-order valence-corrected chi connectivity index (χ2v) is 5.52. The number of carbonyl (C=O) groups is 2. The minimum atomic E-state index is -4.50. The number of hydrogen-bond donors (Lipinski definition) is 2. The quantitative estimate of drug-likeness (QED) is 0.841. The van der Waals surface area contributed by atoms with Gasteiger partial charge >= 0.3 is 12.1 Å². The van der Waals surface area contributed by atoms with E-state index in [-0.39, 0.29) is 18.4 Å². The zero-order valence-electron chi connectivity index (χ0n) is 13.1. The number of halogens is 3. The van der Waals surface area contributed by atoms with Gasteiger partial charge in [-0.3, -0.25) is 4.79 Å². The summed E-state index contributed by atoms with van der Waals surface area (Å²) in [5.41, 5.74) is 0.0438. The van der Waals surface area contributed by atoms with E-state index < -0.39 is 29.7 Å². The largest absolute Gasteiger partial charge is 0.480 e. The molecule has 0 bridgehead atoms. The molecule has 1 amide bonds. The van der Waals surface area contributed by atoms with Crippen LogP contribution in [0.1, 0.15) is 16.7 Å². The van der Waals surface area contributed by atoms with Crippen molar-refractivity contribution in [2.75, 3.05) is 0 Å². The first-order valence-electron chi connectivity index (χ1n) is 7.48. The normalized spacial score (nSPS) is 12.4. The topological polar surface area (TPSA) is 66.4 Å². The summed E-state index contributed by atoms with van der Waals surface area (Å²) in [6.45, 7) is 0. The highest BCUT2D eigenvalue weighted by molar-refractivity contribution is 5.85.